The van der Waals surface area contributed by atoms with Gasteiger partial charge in [-0.2, -0.15) is 0 Å². The second-order valence-electron chi connectivity index (χ2n) is 5.02. The van der Waals surface area contributed by atoms with E-state index >= 15 is 0 Å². The third-order valence-corrected chi connectivity index (χ3v) is 5.03. The smallest absolute Gasteiger partial charge is 0.215 e. The van der Waals surface area contributed by atoms with Crippen LogP contribution in [-0.4, -0.2) is 52.6 Å². The van der Waals surface area contributed by atoms with Crippen molar-refractivity contribution < 1.29 is 8.42 Å². The lowest BCUT2D eigenvalue weighted by Gasteiger charge is -2.27. The van der Waals surface area contributed by atoms with Gasteiger partial charge in [0.05, 0.1) is 5.75 Å². The molecule has 0 saturated carbocycles. The highest BCUT2D eigenvalue weighted by molar-refractivity contribution is 7.88. The number of rotatable bonds is 6. The number of hydrogen-bond donors (Lipinski definition) is 2. The highest BCUT2D eigenvalue weighted by Gasteiger charge is 2.14. The van der Waals surface area contributed by atoms with Gasteiger partial charge in [0, 0.05) is 49.3 Å². The van der Waals surface area contributed by atoms with E-state index in [1.807, 2.05) is 0 Å². The molecule has 0 atom stereocenters. The molecule has 1 fully saturated rings. The minimum Gasteiger partial charge on any atom is -0.314 e. The number of piperazine rings is 1. The van der Waals surface area contributed by atoms with E-state index in [0.29, 0.717) is 22.2 Å². The molecule has 2 rings (SSSR count). The summed E-state index contributed by atoms with van der Waals surface area (Å²) in [4.78, 5) is 2.23. The van der Waals surface area contributed by atoms with Gasteiger partial charge < -0.3 is 5.32 Å². The van der Waals surface area contributed by atoms with Crippen LogP contribution in [0.15, 0.2) is 18.2 Å². The summed E-state index contributed by atoms with van der Waals surface area (Å²) in [6.07, 6.45) is 0. The molecule has 1 aromatic rings. The number of sulfonamides is 1. The maximum Gasteiger partial charge on any atom is 0.215 e. The van der Waals surface area contributed by atoms with Crippen molar-refractivity contribution in [3.8, 4) is 0 Å². The lowest BCUT2D eigenvalue weighted by Crippen LogP contribution is -2.46. The molecule has 118 valence electrons. The standard InChI is InChI=1S/C13H19Cl2N3O2S/c14-12-7-11(8-13(15)9-12)10-21(19,20)17-3-6-18-4-1-16-2-5-18/h7-9,16-17H,1-6,10H2. The van der Waals surface area contributed by atoms with E-state index in [-0.39, 0.29) is 5.75 Å². The molecule has 1 saturated heterocycles. The summed E-state index contributed by atoms with van der Waals surface area (Å²) >= 11 is 11.7. The van der Waals surface area contributed by atoms with Crippen molar-refractivity contribution in [2.75, 3.05) is 39.3 Å². The van der Waals surface area contributed by atoms with Crippen LogP contribution in [-0.2, 0) is 15.8 Å². The third-order valence-electron chi connectivity index (χ3n) is 3.24. The molecule has 1 heterocycles. The molecule has 0 spiro atoms. The molecule has 1 aromatic carbocycles. The number of nitrogens with zero attached hydrogens (tertiary/aromatic N) is 1. The van der Waals surface area contributed by atoms with Crippen LogP contribution in [0.1, 0.15) is 5.56 Å². The summed E-state index contributed by atoms with van der Waals surface area (Å²) in [5, 5.41) is 4.14. The molecule has 5 nitrogen and oxygen atoms in total. The van der Waals surface area contributed by atoms with Crippen LogP contribution in [0.25, 0.3) is 0 Å². The Balaban J connectivity index is 1.83. The van der Waals surface area contributed by atoms with Gasteiger partial charge >= 0.3 is 0 Å². The average molecular weight is 352 g/mol. The lowest BCUT2D eigenvalue weighted by molar-refractivity contribution is 0.245. The molecule has 0 aromatic heterocycles. The van der Waals surface area contributed by atoms with Crippen molar-refractivity contribution >= 4 is 33.2 Å². The zero-order valence-electron chi connectivity index (χ0n) is 11.6. The predicted molar refractivity (Wildman–Crippen MR) is 86.4 cm³/mol. The molecular weight excluding hydrogens is 333 g/mol. The van der Waals surface area contributed by atoms with E-state index in [0.717, 1.165) is 32.7 Å². The summed E-state index contributed by atoms with van der Waals surface area (Å²) in [6, 6.07) is 4.81. The molecule has 0 radical (unpaired) electrons. The topological polar surface area (TPSA) is 61.4 Å². The van der Waals surface area contributed by atoms with Crippen LogP contribution in [0.5, 0.6) is 0 Å². The van der Waals surface area contributed by atoms with Gasteiger partial charge in [-0.25, -0.2) is 13.1 Å². The Morgan fingerprint density at radius 2 is 1.76 bits per heavy atom. The van der Waals surface area contributed by atoms with Crippen molar-refractivity contribution in [2.45, 2.75) is 5.75 Å². The molecule has 0 bridgehead atoms. The first-order chi connectivity index (χ1) is 9.94. The van der Waals surface area contributed by atoms with Crippen molar-refractivity contribution in [2.24, 2.45) is 0 Å². The summed E-state index contributed by atoms with van der Waals surface area (Å²) in [5.74, 6) is -0.116. The fourth-order valence-corrected chi connectivity index (χ4v) is 3.94. The molecular formula is C13H19Cl2N3O2S. The van der Waals surface area contributed by atoms with Gasteiger partial charge in [0.15, 0.2) is 0 Å². The summed E-state index contributed by atoms with van der Waals surface area (Å²) < 4.78 is 26.7. The largest absolute Gasteiger partial charge is 0.314 e. The number of nitrogens with one attached hydrogen (secondary N) is 2. The Morgan fingerprint density at radius 3 is 2.38 bits per heavy atom. The summed E-state index contributed by atoms with van der Waals surface area (Å²) in [5.41, 5.74) is 0.585. The third kappa shape index (κ3) is 6.10. The Bertz CT molecular complexity index is 555. The van der Waals surface area contributed by atoms with Crippen LogP contribution < -0.4 is 10.0 Å². The van der Waals surface area contributed by atoms with E-state index in [9.17, 15) is 8.42 Å². The maximum atomic E-state index is 12.0. The first-order valence-electron chi connectivity index (χ1n) is 6.80. The minimum absolute atomic E-state index is 0.116. The normalized spacial score (nSPS) is 17.0. The Labute approximate surface area is 135 Å². The van der Waals surface area contributed by atoms with E-state index in [4.69, 9.17) is 23.2 Å². The lowest BCUT2D eigenvalue weighted by atomic mass is 10.2. The van der Waals surface area contributed by atoms with E-state index in [1.165, 1.54) is 0 Å². The molecule has 2 N–H and O–H groups in total. The number of halogens is 2. The van der Waals surface area contributed by atoms with Crippen molar-refractivity contribution in [3.05, 3.63) is 33.8 Å². The second kappa shape index (κ2) is 7.76. The molecule has 8 heteroatoms. The first-order valence-corrected chi connectivity index (χ1v) is 9.21. The maximum absolute atomic E-state index is 12.0. The molecule has 21 heavy (non-hydrogen) atoms. The van der Waals surface area contributed by atoms with Crippen molar-refractivity contribution in [1.29, 1.82) is 0 Å². The van der Waals surface area contributed by atoms with Gasteiger partial charge in [-0.3, -0.25) is 4.90 Å². The molecule has 1 aliphatic heterocycles. The summed E-state index contributed by atoms with van der Waals surface area (Å²) in [7, 11) is -3.38. The van der Waals surface area contributed by atoms with E-state index in [2.05, 4.69) is 14.9 Å². The van der Waals surface area contributed by atoms with Gasteiger partial charge in [-0.05, 0) is 23.8 Å². The summed E-state index contributed by atoms with van der Waals surface area (Å²) in [6.45, 7) is 4.94. The molecule has 0 unspecified atom stereocenters. The van der Waals surface area contributed by atoms with Gasteiger partial charge in [0.2, 0.25) is 10.0 Å². The monoisotopic (exact) mass is 351 g/mol. The fourth-order valence-electron chi connectivity index (χ4n) is 2.26. The first kappa shape index (κ1) is 17.0. The van der Waals surface area contributed by atoms with Gasteiger partial charge in [-0.1, -0.05) is 23.2 Å². The highest BCUT2D eigenvalue weighted by atomic mass is 35.5. The highest BCUT2D eigenvalue weighted by Crippen LogP contribution is 2.20. The van der Waals surface area contributed by atoms with Crippen molar-refractivity contribution in [1.82, 2.24) is 14.9 Å². The zero-order chi connectivity index (χ0) is 15.3. The van der Waals surface area contributed by atoms with Crippen molar-refractivity contribution in [3.63, 3.8) is 0 Å². The number of benzene rings is 1. The van der Waals surface area contributed by atoms with Crippen LogP contribution in [0, 0.1) is 0 Å². The predicted octanol–water partition coefficient (Wildman–Crippen LogP) is 1.32. The Hall–Kier alpha value is -0.370. The number of hydrogen-bond acceptors (Lipinski definition) is 4. The molecule has 0 amide bonds. The molecule has 1 aliphatic rings. The van der Waals surface area contributed by atoms with Gasteiger partial charge in [-0.15, -0.1) is 0 Å². The van der Waals surface area contributed by atoms with Crippen LogP contribution >= 0.6 is 23.2 Å². The SMILES string of the molecule is O=S(=O)(Cc1cc(Cl)cc(Cl)c1)NCCN1CCNCC1. The Morgan fingerprint density at radius 1 is 1.14 bits per heavy atom. The Kier molecular flexibility index (Phi) is 6.28. The second-order valence-corrected chi connectivity index (χ2v) is 7.70. The van der Waals surface area contributed by atoms with Gasteiger partial charge in [0.1, 0.15) is 0 Å². The average Bonchev–Trinajstić information content (AvgIpc) is 2.37. The van der Waals surface area contributed by atoms with E-state index < -0.39 is 10.0 Å². The van der Waals surface area contributed by atoms with Crippen LogP contribution in [0.4, 0.5) is 0 Å². The molecule has 0 aliphatic carbocycles. The van der Waals surface area contributed by atoms with Crippen LogP contribution in [0.2, 0.25) is 10.0 Å². The van der Waals surface area contributed by atoms with Crippen LogP contribution in [0.3, 0.4) is 0 Å². The van der Waals surface area contributed by atoms with Gasteiger partial charge in [0.25, 0.3) is 0 Å². The zero-order valence-corrected chi connectivity index (χ0v) is 13.9. The minimum atomic E-state index is -3.38. The fraction of sp³-hybridized carbons (Fsp3) is 0.538. The quantitative estimate of drug-likeness (QED) is 0.811. The van der Waals surface area contributed by atoms with E-state index in [1.54, 1.807) is 18.2 Å².